The minimum atomic E-state index is 0.247. The molecular formula is C14H19NOS2. The van der Waals surface area contributed by atoms with E-state index in [9.17, 15) is 0 Å². The number of morpholine rings is 1. The van der Waals surface area contributed by atoms with E-state index in [1.807, 2.05) is 0 Å². The van der Waals surface area contributed by atoms with Gasteiger partial charge in [-0.1, -0.05) is 24.4 Å². The minimum absolute atomic E-state index is 0.247. The van der Waals surface area contributed by atoms with E-state index >= 15 is 0 Å². The molecule has 1 heterocycles. The Labute approximate surface area is 119 Å². The summed E-state index contributed by atoms with van der Waals surface area (Å²) < 4.78 is 5.73. The van der Waals surface area contributed by atoms with Crippen LogP contribution in [0, 0.1) is 0 Å². The summed E-state index contributed by atoms with van der Waals surface area (Å²) >= 11 is 7.34. The van der Waals surface area contributed by atoms with E-state index in [0.29, 0.717) is 0 Å². The van der Waals surface area contributed by atoms with Gasteiger partial charge in [-0.2, -0.15) is 0 Å². The molecule has 2 rings (SSSR count). The van der Waals surface area contributed by atoms with Crippen LogP contribution >= 0.6 is 24.0 Å². The molecule has 1 fully saturated rings. The van der Waals surface area contributed by atoms with Crippen LogP contribution in [0.3, 0.4) is 0 Å². The van der Waals surface area contributed by atoms with Gasteiger partial charge in [-0.25, -0.2) is 0 Å². The molecule has 1 aliphatic heterocycles. The number of thiocarbonyl (C=S) groups is 1. The average Bonchev–Trinajstić information content (AvgIpc) is 2.37. The van der Waals surface area contributed by atoms with Gasteiger partial charge >= 0.3 is 0 Å². The Morgan fingerprint density at radius 3 is 2.28 bits per heavy atom. The first kappa shape index (κ1) is 13.8. The van der Waals surface area contributed by atoms with Crippen LogP contribution in [0.2, 0.25) is 0 Å². The van der Waals surface area contributed by atoms with Crippen LogP contribution in [0.1, 0.15) is 19.4 Å². The fourth-order valence-electron chi connectivity index (χ4n) is 2.26. The third-order valence-electron chi connectivity index (χ3n) is 3.04. The van der Waals surface area contributed by atoms with Crippen molar-refractivity contribution in [2.24, 2.45) is 0 Å². The Kier molecular flexibility index (Phi) is 4.65. The quantitative estimate of drug-likeness (QED) is 0.609. The van der Waals surface area contributed by atoms with Crippen LogP contribution in [0.25, 0.3) is 0 Å². The van der Waals surface area contributed by atoms with Gasteiger partial charge in [0.1, 0.15) is 4.99 Å². The molecule has 18 heavy (non-hydrogen) atoms. The molecule has 1 aliphatic rings. The maximum absolute atomic E-state index is 5.73. The Hall–Kier alpha value is -0.580. The molecule has 2 nitrogen and oxygen atoms in total. The highest BCUT2D eigenvalue weighted by Crippen LogP contribution is 2.18. The summed E-state index contributed by atoms with van der Waals surface area (Å²) in [6.07, 6.45) is 2.58. The van der Waals surface area contributed by atoms with E-state index in [1.165, 1.54) is 4.90 Å². The van der Waals surface area contributed by atoms with Crippen molar-refractivity contribution in [3.05, 3.63) is 29.8 Å². The standard InChI is InChI=1S/C14H19NOS2/c1-10-8-15(9-11(2)16-10)14(17)12-4-6-13(18-3)7-5-12/h4-7,10-11H,8-9H2,1-3H3. The van der Waals surface area contributed by atoms with Gasteiger partial charge < -0.3 is 9.64 Å². The molecule has 2 unspecified atom stereocenters. The van der Waals surface area contributed by atoms with Gasteiger partial charge in [-0.05, 0) is 32.2 Å². The third kappa shape index (κ3) is 3.25. The van der Waals surface area contributed by atoms with E-state index in [4.69, 9.17) is 17.0 Å². The largest absolute Gasteiger partial charge is 0.372 e. The molecule has 0 spiro atoms. The van der Waals surface area contributed by atoms with Gasteiger partial charge in [-0.15, -0.1) is 11.8 Å². The molecule has 98 valence electrons. The molecule has 1 saturated heterocycles. The Balaban J connectivity index is 2.09. The number of thioether (sulfide) groups is 1. The SMILES string of the molecule is CSc1ccc(C(=S)N2CC(C)OC(C)C2)cc1. The number of hydrogen-bond donors (Lipinski definition) is 0. The molecular weight excluding hydrogens is 262 g/mol. The second-order valence-electron chi connectivity index (χ2n) is 4.70. The second-order valence-corrected chi connectivity index (χ2v) is 5.96. The molecule has 0 amide bonds. The molecule has 0 bridgehead atoms. The molecule has 0 aliphatic carbocycles. The summed E-state index contributed by atoms with van der Waals surface area (Å²) in [5, 5.41) is 0. The van der Waals surface area contributed by atoms with Gasteiger partial charge in [-0.3, -0.25) is 0 Å². The Morgan fingerprint density at radius 1 is 1.22 bits per heavy atom. The summed E-state index contributed by atoms with van der Waals surface area (Å²) in [4.78, 5) is 4.46. The fourth-order valence-corrected chi connectivity index (χ4v) is 2.95. The summed E-state index contributed by atoms with van der Waals surface area (Å²) in [5.74, 6) is 0. The Morgan fingerprint density at radius 2 is 1.78 bits per heavy atom. The molecule has 0 saturated carbocycles. The number of hydrogen-bond acceptors (Lipinski definition) is 3. The van der Waals surface area contributed by atoms with E-state index in [2.05, 4.69) is 49.3 Å². The fraction of sp³-hybridized carbons (Fsp3) is 0.500. The zero-order chi connectivity index (χ0) is 13.1. The van der Waals surface area contributed by atoms with Gasteiger partial charge in [0.25, 0.3) is 0 Å². The van der Waals surface area contributed by atoms with Crippen LogP contribution in [-0.2, 0) is 4.74 Å². The monoisotopic (exact) mass is 281 g/mol. The lowest BCUT2D eigenvalue weighted by molar-refractivity contribution is -0.0472. The van der Waals surface area contributed by atoms with Crippen LogP contribution in [0.4, 0.5) is 0 Å². The number of benzene rings is 1. The average molecular weight is 281 g/mol. The molecule has 0 aromatic heterocycles. The van der Waals surface area contributed by atoms with E-state index in [1.54, 1.807) is 11.8 Å². The normalized spacial score (nSPS) is 24.1. The lowest BCUT2D eigenvalue weighted by atomic mass is 10.1. The molecule has 2 atom stereocenters. The van der Waals surface area contributed by atoms with Gasteiger partial charge in [0.2, 0.25) is 0 Å². The number of rotatable bonds is 2. The predicted molar refractivity (Wildman–Crippen MR) is 81.5 cm³/mol. The zero-order valence-corrected chi connectivity index (χ0v) is 12.7. The number of ether oxygens (including phenoxy) is 1. The first-order chi connectivity index (χ1) is 8.60. The molecule has 0 N–H and O–H groups in total. The summed E-state index contributed by atoms with van der Waals surface area (Å²) in [6, 6.07) is 8.47. The maximum atomic E-state index is 5.73. The van der Waals surface area contributed by atoms with Gasteiger partial charge in [0, 0.05) is 23.5 Å². The second kappa shape index (κ2) is 6.04. The van der Waals surface area contributed by atoms with Gasteiger partial charge in [0.05, 0.1) is 12.2 Å². The lowest BCUT2D eigenvalue weighted by Gasteiger charge is -2.37. The van der Waals surface area contributed by atoms with E-state index in [-0.39, 0.29) is 12.2 Å². The highest BCUT2D eigenvalue weighted by molar-refractivity contribution is 7.98. The molecule has 4 heteroatoms. The lowest BCUT2D eigenvalue weighted by Crippen LogP contribution is -2.47. The van der Waals surface area contributed by atoms with Crippen molar-refractivity contribution in [2.45, 2.75) is 31.0 Å². The molecule has 1 aromatic rings. The number of nitrogens with zero attached hydrogens (tertiary/aromatic N) is 1. The smallest absolute Gasteiger partial charge is 0.109 e. The van der Waals surface area contributed by atoms with Crippen molar-refractivity contribution in [2.75, 3.05) is 19.3 Å². The summed E-state index contributed by atoms with van der Waals surface area (Å²) in [5.41, 5.74) is 1.13. The summed E-state index contributed by atoms with van der Waals surface area (Å²) in [7, 11) is 0. The van der Waals surface area contributed by atoms with Crippen molar-refractivity contribution in [3.63, 3.8) is 0 Å². The van der Waals surface area contributed by atoms with Crippen molar-refractivity contribution >= 4 is 29.0 Å². The van der Waals surface area contributed by atoms with E-state index in [0.717, 1.165) is 23.6 Å². The van der Waals surface area contributed by atoms with Crippen molar-refractivity contribution < 1.29 is 4.74 Å². The first-order valence-electron chi connectivity index (χ1n) is 6.19. The van der Waals surface area contributed by atoms with Crippen LogP contribution in [0.15, 0.2) is 29.2 Å². The molecule has 1 aromatic carbocycles. The highest BCUT2D eigenvalue weighted by Gasteiger charge is 2.24. The predicted octanol–water partition coefficient (Wildman–Crippen LogP) is 3.19. The molecule has 0 radical (unpaired) electrons. The van der Waals surface area contributed by atoms with Crippen LogP contribution in [0.5, 0.6) is 0 Å². The minimum Gasteiger partial charge on any atom is -0.372 e. The van der Waals surface area contributed by atoms with E-state index < -0.39 is 0 Å². The Bertz CT molecular complexity index is 408. The van der Waals surface area contributed by atoms with Crippen LogP contribution in [-0.4, -0.2) is 41.4 Å². The third-order valence-corrected chi connectivity index (χ3v) is 4.28. The topological polar surface area (TPSA) is 12.5 Å². The van der Waals surface area contributed by atoms with Crippen LogP contribution < -0.4 is 0 Å². The van der Waals surface area contributed by atoms with Crippen molar-refractivity contribution in [3.8, 4) is 0 Å². The van der Waals surface area contributed by atoms with Crippen molar-refractivity contribution in [1.82, 2.24) is 4.90 Å². The summed E-state index contributed by atoms with van der Waals surface area (Å²) in [6.45, 7) is 5.96. The van der Waals surface area contributed by atoms with Crippen molar-refractivity contribution in [1.29, 1.82) is 0 Å². The van der Waals surface area contributed by atoms with Gasteiger partial charge in [0.15, 0.2) is 0 Å². The maximum Gasteiger partial charge on any atom is 0.109 e. The zero-order valence-electron chi connectivity index (χ0n) is 11.1. The highest BCUT2D eigenvalue weighted by atomic mass is 32.2. The first-order valence-corrected chi connectivity index (χ1v) is 7.82.